The molecule has 0 saturated heterocycles. The van der Waals surface area contributed by atoms with E-state index in [1.165, 1.54) is 0 Å². The monoisotopic (exact) mass is 292 g/mol. The third kappa shape index (κ3) is 6.16. The van der Waals surface area contributed by atoms with Gasteiger partial charge < -0.3 is 10.2 Å². The van der Waals surface area contributed by atoms with Gasteiger partial charge in [0.25, 0.3) is 0 Å². The molecule has 0 aromatic heterocycles. The summed E-state index contributed by atoms with van der Waals surface area (Å²) in [4.78, 5) is 20.4. The van der Waals surface area contributed by atoms with Crippen molar-refractivity contribution in [3.63, 3.8) is 0 Å². The Hall–Kier alpha value is -0.437. The molecule has 2 saturated carbocycles. The maximum absolute atomic E-state index is 10.2. The molecule has 0 aliphatic heterocycles. The third-order valence-corrected chi connectivity index (χ3v) is 3.41. The van der Waals surface area contributed by atoms with Crippen LogP contribution >= 0.6 is 0 Å². The molecule has 0 radical (unpaired) electrons. The van der Waals surface area contributed by atoms with Gasteiger partial charge in [-0.15, -0.1) is 0 Å². The van der Waals surface area contributed by atoms with Crippen molar-refractivity contribution in [1.82, 2.24) is 0 Å². The van der Waals surface area contributed by atoms with Crippen LogP contribution in [0.3, 0.4) is 0 Å². The molecule has 0 aromatic carbocycles. The normalized spacial score (nSPS) is 20.2. The quantitative estimate of drug-likeness (QED) is 0.767. The van der Waals surface area contributed by atoms with Crippen LogP contribution in [0.15, 0.2) is 0 Å². The van der Waals surface area contributed by atoms with Crippen LogP contribution in [0.4, 0.5) is 0 Å². The van der Waals surface area contributed by atoms with Crippen molar-refractivity contribution in [3.8, 4) is 0 Å². The summed E-state index contributed by atoms with van der Waals surface area (Å²) in [5.74, 6) is -1.25. The fourth-order valence-electron chi connectivity index (χ4n) is 2.35. The summed E-state index contributed by atoms with van der Waals surface area (Å²) in [5, 5.41) is 16.8. The zero-order valence-corrected chi connectivity index (χ0v) is 13.2. The van der Waals surface area contributed by atoms with Gasteiger partial charge in [-0.1, -0.05) is 25.7 Å². The molecule has 2 aliphatic rings. The second kappa shape index (κ2) is 8.62. The van der Waals surface area contributed by atoms with Gasteiger partial charge in [-0.25, -0.2) is 0 Å². The molecule has 0 bridgehead atoms. The Kier molecular flexibility index (Phi) is 8.40. The summed E-state index contributed by atoms with van der Waals surface area (Å²) in [7, 11) is 0. The predicted molar refractivity (Wildman–Crippen MR) is 59.2 cm³/mol. The molecule has 4 nitrogen and oxygen atoms in total. The second-order valence-corrected chi connectivity index (χ2v) is 4.64. The fourth-order valence-corrected chi connectivity index (χ4v) is 2.35. The Balaban J connectivity index is 0.000000284. The van der Waals surface area contributed by atoms with Gasteiger partial charge in [0, 0.05) is 19.5 Å². The molecule has 17 heavy (non-hydrogen) atoms. The van der Waals surface area contributed by atoms with E-state index in [0.29, 0.717) is 0 Å². The average Bonchev–Trinajstić information content (AvgIpc) is 2.93. The van der Waals surface area contributed by atoms with E-state index >= 15 is 0 Å². The number of carboxylic acids is 2. The molecule has 5 heteroatoms. The molecule has 2 rings (SSSR count). The van der Waals surface area contributed by atoms with Crippen molar-refractivity contribution in [2.75, 3.05) is 0 Å². The summed E-state index contributed by atoms with van der Waals surface area (Å²) in [6.45, 7) is 0. The van der Waals surface area contributed by atoms with Crippen LogP contribution in [-0.4, -0.2) is 22.2 Å². The predicted octanol–water partition coefficient (Wildman–Crippen LogP) is 2.52. The van der Waals surface area contributed by atoms with Gasteiger partial charge in [0.1, 0.15) is 0 Å². The van der Waals surface area contributed by atoms with Gasteiger partial charge in [-0.05, 0) is 25.7 Å². The number of hydrogen-bond acceptors (Lipinski definition) is 2. The number of aliphatic carboxylic acids is 2. The second-order valence-electron chi connectivity index (χ2n) is 4.64. The van der Waals surface area contributed by atoms with E-state index in [4.69, 9.17) is 10.2 Å². The summed E-state index contributed by atoms with van der Waals surface area (Å²) in [5.41, 5.74) is 0. The first kappa shape index (κ1) is 16.6. The van der Waals surface area contributed by atoms with Crippen LogP contribution in [0, 0.1) is 11.8 Å². The first-order valence-corrected chi connectivity index (χ1v) is 6.07. The minimum absolute atomic E-state index is 0. The minimum atomic E-state index is -0.609. The Morgan fingerprint density at radius 1 is 0.706 bits per heavy atom. The molecule has 0 spiro atoms. The Morgan fingerprint density at radius 2 is 0.941 bits per heavy atom. The molecular weight excluding hydrogens is 274 g/mol. The van der Waals surface area contributed by atoms with Crippen LogP contribution in [0.2, 0.25) is 0 Å². The smallest absolute Gasteiger partial charge is 0.306 e. The standard InChI is InChI=1S/2C6H10O2.Zn/c2*7-6(8)5-3-1-2-4-5;/h2*5H,1-4H2,(H,7,8);. The number of hydrogen-bond donors (Lipinski definition) is 2. The van der Waals surface area contributed by atoms with Crippen molar-refractivity contribution in [2.24, 2.45) is 11.8 Å². The topological polar surface area (TPSA) is 74.6 Å². The first-order valence-electron chi connectivity index (χ1n) is 6.07. The zero-order valence-electron chi connectivity index (χ0n) is 10.2. The Bertz CT molecular complexity index is 217. The molecular formula is C12H20O4Zn. The summed E-state index contributed by atoms with van der Waals surface area (Å²) >= 11 is 0. The maximum atomic E-state index is 10.2. The SMILES string of the molecule is O=C(O)C1CCCC1.O=C(O)C1CCCC1.[Zn]. The molecule has 0 aromatic rings. The van der Waals surface area contributed by atoms with Gasteiger partial charge in [0.05, 0.1) is 11.8 Å². The Morgan fingerprint density at radius 3 is 1.06 bits per heavy atom. The van der Waals surface area contributed by atoms with Crippen LogP contribution in [0.5, 0.6) is 0 Å². The summed E-state index contributed by atoms with van der Waals surface area (Å²) < 4.78 is 0. The van der Waals surface area contributed by atoms with Crippen molar-refractivity contribution >= 4 is 11.9 Å². The summed E-state index contributed by atoms with van der Waals surface area (Å²) in [6.07, 6.45) is 8.02. The maximum Gasteiger partial charge on any atom is 0.306 e. The average molecular weight is 294 g/mol. The number of carboxylic acid groups (broad SMARTS) is 2. The number of rotatable bonds is 2. The van der Waals surface area contributed by atoms with E-state index in [1.807, 2.05) is 0 Å². The third-order valence-electron chi connectivity index (χ3n) is 3.41. The van der Waals surface area contributed by atoms with Crippen LogP contribution < -0.4 is 0 Å². The molecule has 2 N–H and O–H groups in total. The summed E-state index contributed by atoms with van der Waals surface area (Å²) in [6, 6.07) is 0. The van der Waals surface area contributed by atoms with Crippen molar-refractivity contribution in [1.29, 1.82) is 0 Å². The van der Waals surface area contributed by atoms with E-state index < -0.39 is 11.9 Å². The molecule has 2 aliphatic carbocycles. The molecule has 94 valence electrons. The molecule has 0 heterocycles. The van der Waals surface area contributed by atoms with Gasteiger partial charge in [0.2, 0.25) is 0 Å². The van der Waals surface area contributed by atoms with Crippen LogP contribution in [-0.2, 0) is 29.1 Å². The largest absolute Gasteiger partial charge is 0.481 e. The van der Waals surface area contributed by atoms with E-state index in [-0.39, 0.29) is 31.3 Å². The van der Waals surface area contributed by atoms with Gasteiger partial charge in [0.15, 0.2) is 0 Å². The number of carbonyl (C=O) groups is 2. The van der Waals surface area contributed by atoms with E-state index in [2.05, 4.69) is 0 Å². The molecule has 0 amide bonds. The Labute approximate surface area is 115 Å². The first-order chi connectivity index (χ1) is 7.61. The van der Waals surface area contributed by atoms with E-state index in [0.717, 1.165) is 51.4 Å². The molecule has 2 fully saturated rings. The van der Waals surface area contributed by atoms with Crippen molar-refractivity contribution in [2.45, 2.75) is 51.4 Å². The van der Waals surface area contributed by atoms with Gasteiger partial charge in [-0.3, -0.25) is 9.59 Å². The van der Waals surface area contributed by atoms with Crippen LogP contribution in [0.25, 0.3) is 0 Å². The zero-order chi connectivity index (χ0) is 12.0. The minimum Gasteiger partial charge on any atom is -0.481 e. The van der Waals surface area contributed by atoms with Gasteiger partial charge >= 0.3 is 11.9 Å². The van der Waals surface area contributed by atoms with Gasteiger partial charge in [-0.2, -0.15) is 0 Å². The fraction of sp³-hybridized carbons (Fsp3) is 0.833. The molecule has 0 atom stereocenters. The van der Waals surface area contributed by atoms with Crippen molar-refractivity contribution < 1.29 is 39.3 Å². The van der Waals surface area contributed by atoms with Crippen LogP contribution in [0.1, 0.15) is 51.4 Å². The van der Waals surface area contributed by atoms with E-state index in [1.54, 1.807) is 0 Å². The molecule has 0 unspecified atom stereocenters. The van der Waals surface area contributed by atoms with Crippen molar-refractivity contribution in [3.05, 3.63) is 0 Å². The van der Waals surface area contributed by atoms with E-state index in [9.17, 15) is 9.59 Å².